The highest BCUT2D eigenvalue weighted by Gasteiger charge is 2.32. The molecule has 96 valence electrons. The Labute approximate surface area is 114 Å². The number of rotatable bonds is 2. The van der Waals surface area contributed by atoms with E-state index in [4.69, 9.17) is 5.73 Å². The number of hydrogen-bond acceptors (Lipinski definition) is 5. The highest BCUT2D eigenvalue weighted by atomic mass is 32.2. The Morgan fingerprint density at radius 1 is 1.32 bits per heavy atom. The van der Waals surface area contributed by atoms with Gasteiger partial charge < -0.3 is 10.6 Å². The second-order valence-electron chi connectivity index (χ2n) is 4.23. The SMILES string of the molecule is CN1C(=O)C(N)c2ccc(Sc3ncccn3)cc21. The standard InChI is InChI=1S/C13H12N4OS/c1-17-10-7-8(19-13-15-5-2-6-16-13)3-4-9(10)11(14)12(17)18/h2-7,11H,14H2,1H3. The van der Waals surface area contributed by atoms with Crippen LogP contribution in [0.15, 0.2) is 46.7 Å². The predicted octanol–water partition coefficient (Wildman–Crippen LogP) is 1.60. The maximum Gasteiger partial charge on any atom is 0.248 e. The molecular weight excluding hydrogens is 260 g/mol. The molecule has 0 fully saturated rings. The number of aromatic nitrogens is 2. The van der Waals surface area contributed by atoms with Crippen molar-refractivity contribution in [3.05, 3.63) is 42.2 Å². The summed E-state index contributed by atoms with van der Waals surface area (Å²) in [7, 11) is 1.74. The zero-order valence-corrected chi connectivity index (χ0v) is 11.1. The van der Waals surface area contributed by atoms with Crippen molar-refractivity contribution in [3.63, 3.8) is 0 Å². The van der Waals surface area contributed by atoms with E-state index in [0.29, 0.717) is 5.16 Å². The number of carbonyl (C=O) groups is 1. The van der Waals surface area contributed by atoms with Gasteiger partial charge in [0.2, 0.25) is 5.91 Å². The molecule has 1 aromatic heterocycles. The third-order valence-electron chi connectivity index (χ3n) is 3.05. The summed E-state index contributed by atoms with van der Waals surface area (Å²) in [5.41, 5.74) is 7.59. The van der Waals surface area contributed by atoms with Crippen LogP contribution in [0.5, 0.6) is 0 Å². The minimum atomic E-state index is -0.549. The number of nitrogens with two attached hydrogens (primary N) is 1. The third-order valence-corrected chi connectivity index (χ3v) is 3.93. The van der Waals surface area contributed by atoms with Crippen molar-refractivity contribution in [2.24, 2.45) is 5.73 Å². The second-order valence-corrected chi connectivity index (χ2v) is 5.27. The van der Waals surface area contributed by atoms with Gasteiger partial charge in [-0.25, -0.2) is 9.97 Å². The lowest BCUT2D eigenvalue weighted by Gasteiger charge is -2.10. The minimum absolute atomic E-state index is 0.0758. The molecule has 1 aromatic carbocycles. The lowest BCUT2D eigenvalue weighted by molar-refractivity contribution is -0.118. The molecule has 0 aliphatic carbocycles. The van der Waals surface area contributed by atoms with Crippen LogP contribution in [0.25, 0.3) is 0 Å². The van der Waals surface area contributed by atoms with E-state index in [9.17, 15) is 4.79 Å². The molecule has 0 saturated heterocycles. The van der Waals surface area contributed by atoms with Crippen molar-refractivity contribution in [2.75, 3.05) is 11.9 Å². The van der Waals surface area contributed by atoms with Gasteiger partial charge in [-0.3, -0.25) is 4.79 Å². The number of benzene rings is 1. The molecule has 0 radical (unpaired) electrons. The summed E-state index contributed by atoms with van der Waals surface area (Å²) in [4.78, 5) is 22.7. The van der Waals surface area contributed by atoms with E-state index in [1.165, 1.54) is 11.8 Å². The number of likely N-dealkylation sites (N-methyl/N-ethyl adjacent to an activating group) is 1. The average Bonchev–Trinajstić information content (AvgIpc) is 2.65. The highest BCUT2D eigenvalue weighted by molar-refractivity contribution is 7.99. The summed E-state index contributed by atoms with van der Waals surface area (Å²) < 4.78 is 0. The zero-order valence-electron chi connectivity index (χ0n) is 10.3. The van der Waals surface area contributed by atoms with Gasteiger partial charge in [0, 0.05) is 35.6 Å². The maximum atomic E-state index is 11.8. The molecule has 1 amide bonds. The van der Waals surface area contributed by atoms with Crippen molar-refractivity contribution in [3.8, 4) is 0 Å². The van der Waals surface area contributed by atoms with Gasteiger partial charge in [0.15, 0.2) is 5.16 Å². The molecule has 0 spiro atoms. The number of amides is 1. The molecule has 6 heteroatoms. The summed E-state index contributed by atoms with van der Waals surface area (Å²) in [6, 6.07) is 7.00. The van der Waals surface area contributed by atoms with Crippen LogP contribution in [0.2, 0.25) is 0 Å². The minimum Gasteiger partial charge on any atom is -0.316 e. The van der Waals surface area contributed by atoms with Crippen LogP contribution in [0.1, 0.15) is 11.6 Å². The van der Waals surface area contributed by atoms with E-state index in [-0.39, 0.29) is 5.91 Å². The first-order valence-electron chi connectivity index (χ1n) is 5.79. The third kappa shape index (κ3) is 2.09. The van der Waals surface area contributed by atoms with Crippen LogP contribution in [0.4, 0.5) is 5.69 Å². The molecule has 5 nitrogen and oxygen atoms in total. The molecule has 2 heterocycles. The molecule has 0 bridgehead atoms. The molecule has 19 heavy (non-hydrogen) atoms. The number of carbonyl (C=O) groups excluding carboxylic acids is 1. The number of anilines is 1. The van der Waals surface area contributed by atoms with Gasteiger partial charge in [-0.05, 0) is 30.0 Å². The lowest BCUT2D eigenvalue weighted by atomic mass is 10.1. The Balaban J connectivity index is 1.93. The van der Waals surface area contributed by atoms with Crippen molar-refractivity contribution in [1.29, 1.82) is 0 Å². The van der Waals surface area contributed by atoms with Crippen molar-refractivity contribution >= 4 is 23.4 Å². The Hall–Kier alpha value is -1.92. The molecular formula is C13H12N4OS. The summed E-state index contributed by atoms with van der Waals surface area (Å²) in [5, 5.41) is 0.679. The smallest absolute Gasteiger partial charge is 0.248 e. The van der Waals surface area contributed by atoms with E-state index >= 15 is 0 Å². The first-order chi connectivity index (χ1) is 9.16. The van der Waals surface area contributed by atoms with Crippen LogP contribution >= 0.6 is 11.8 Å². The van der Waals surface area contributed by atoms with Gasteiger partial charge >= 0.3 is 0 Å². The van der Waals surface area contributed by atoms with E-state index in [1.54, 1.807) is 30.4 Å². The molecule has 2 N–H and O–H groups in total. The fourth-order valence-corrected chi connectivity index (χ4v) is 2.79. The van der Waals surface area contributed by atoms with Crippen LogP contribution in [0.3, 0.4) is 0 Å². The molecule has 1 aliphatic rings. The Bertz CT molecular complexity index is 632. The van der Waals surface area contributed by atoms with Crippen molar-refractivity contribution < 1.29 is 4.79 Å². The summed E-state index contributed by atoms with van der Waals surface area (Å²) in [6.45, 7) is 0. The fraction of sp³-hybridized carbons (Fsp3) is 0.154. The van der Waals surface area contributed by atoms with Gasteiger partial charge in [0.1, 0.15) is 6.04 Å². The van der Waals surface area contributed by atoms with Gasteiger partial charge in [0.25, 0.3) is 0 Å². The average molecular weight is 272 g/mol. The summed E-state index contributed by atoms with van der Waals surface area (Å²) in [6.07, 6.45) is 3.41. The normalized spacial score (nSPS) is 17.7. The quantitative estimate of drug-likeness (QED) is 0.841. The van der Waals surface area contributed by atoms with Crippen LogP contribution in [0, 0.1) is 0 Å². The van der Waals surface area contributed by atoms with E-state index in [0.717, 1.165) is 16.1 Å². The zero-order chi connectivity index (χ0) is 13.4. The topological polar surface area (TPSA) is 72.1 Å². The molecule has 1 atom stereocenters. The Morgan fingerprint density at radius 3 is 2.79 bits per heavy atom. The predicted molar refractivity (Wildman–Crippen MR) is 72.9 cm³/mol. The number of fused-ring (bicyclic) bond motifs is 1. The summed E-state index contributed by atoms with van der Waals surface area (Å²) in [5.74, 6) is -0.0758. The maximum absolute atomic E-state index is 11.8. The van der Waals surface area contributed by atoms with Gasteiger partial charge in [-0.1, -0.05) is 6.07 Å². The number of nitrogens with zero attached hydrogens (tertiary/aromatic N) is 3. The monoisotopic (exact) mass is 272 g/mol. The molecule has 2 aromatic rings. The van der Waals surface area contributed by atoms with Gasteiger partial charge in [-0.15, -0.1) is 0 Å². The number of hydrogen-bond donors (Lipinski definition) is 1. The molecule has 1 aliphatic heterocycles. The molecule has 1 unspecified atom stereocenters. The first-order valence-corrected chi connectivity index (χ1v) is 6.60. The summed E-state index contributed by atoms with van der Waals surface area (Å²) >= 11 is 1.46. The lowest BCUT2D eigenvalue weighted by Crippen LogP contribution is -2.27. The largest absolute Gasteiger partial charge is 0.316 e. The highest BCUT2D eigenvalue weighted by Crippen LogP contribution is 2.37. The van der Waals surface area contributed by atoms with E-state index < -0.39 is 6.04 Å². The van der Waals surface area contributed by atoms with Crippen LogP contribution in [-0.4, -0.2) is 22.9 Å². The van der Waals surface area contributed by atoms with E-state index in [2.05, 4.69) is 9.97 Å². The van der Waals surface area contributed by atoms with Gasteiger partial charge in [-0.2, -0.15) is 0 Å². The fourth-order valence-electron chi connectivity index (χ4n) is 2.04. The van der Waals surface area contributed by atoms with E-state index in [1.807, 2.05) is 18.2 Å². The molecule has 0 saturated carbocycles. The van der Waals surface area contributed by atoms with Crippen molar-refractivity contribution in [1.82, 2.24) is 9.97 Å². The Kier molecular flexibility index (Phi) is 2.96. The van der Waals surface area contributed by atoms with Gasteiger partial charge in [0.05, 0.1) is 0 Å². The van der Waals surface area contributed by atoms with Crippen LogP contribution < -0.4 is 10.6 Å². The van der Waals surface area contributed by atoms with Crippen LogP contribution in [-0.2, 0) is 4.79 Å². The Morgan fingerprint density at radius 2 is 2.05 bits per heavy atom. The van der Waals surface area contributed by atoms with Crippen molar-refractivity contribution in [2.45, 2.75) is 16.1 Å². The first kappa shape index (κ1) is 12.1. The molecule has 3 rings (SSSR count). The second kappa shape index (κ2) is 4.64.